The van der Waals surface area contributed by atoms with Gasteiger partial charge in [0, 0.05) is 24.5 Å². The lowest BCUT2D eigenvalue weighted by atomic mass is 10.2. The first kappa shape index (κ1) is 15.0. The third-order valence-electron chi connectivity index (χ3n) is 2.92. The van der Waals surface area contributed by atoms with E-state index >= 15 is 0 Å². The Hall–Kier alpha value is -2.40. The van der Waals surface area contributed by atoms with Crippen LogP contribution in [0.3, 0.4) is 0 Å². The summed E-state index contributed by atoms with van der Waals surface area (Å²) in [7, 11) is 1.76. The van der Waals surface area contributed by atoms with E-state index in [1.807, 2.05) is 0 Å². The minimum atomic E-state index is -0.228. The SMILES string of the molecule is CN(CC(=O)Nc1cc(N)ccc1Cl)c1cccc(O)c1. The Labute approximate surface area is 127 Å². The van der Waals surface area contributed by atoms with Gasteiger partial charge in [-0.15, -0.1) is 0 Å². The van der Waals surface area contributed by atoms with E-state index in [0.29, 0.717) is 16.4 Å². The van der Waals surface area contributed by atoms with Gasteiger partial charge in [0.25, 0.3) is 0 Å². The standard InChI is InChI=1S/C15H16ClN3O2/c1-19(11-3-2-4-12(20)8-11)9-15(21)18-14-7-10(17)5-6-13(14)16/h2-8,20H,9,17H2,1H3,(H,18,21). The van der Waals surface area contributed by atoms with Crippen LogP contribution < -0.4 is 16.0 Å². The van der Waals surface area contributed by atoms with Gasteiger partial charge in [-0.1, -0.05) is 17.7 Å². The number of halogens is 1. The normalized spacial score (nSPS) is 10.2. The molecule has 0 fully saturated rings. The fourth-order valence-electron chi connectivity index (χ4n) is 1.87. The highest BCUT2D eigenvalue weighted by Gasteiger charge is 2.10. The van der Waals surface area contributed by atoms with Crippen LogP contribution in [0.5, 0.6) is 5.75 Å². The minimum Gasteiger partial charge on any atom is -0.508 e. The second-order valence-electron chi connectivity index (χ2n) is 4.66. The molecule has 0 saturated carbocycles. The molecule has 2 aromatic carbocycles. The molecule has 0 saturated heterocycles. The number of anilines is 3. The molecule has 6 heteroatoms. The van der Waals surface area contributed by atoms with Gasteiger partial charge < -0.3 is 21.1 Å². The summed E-state index contributed by atoms with van der Waals surface area (Å²) in [5, 5.41) is 12.6. The van der Waals surface area contributed by atoms with E-state index in [9.17, 15) is 9.90 Å². The molecule has 5 nitrogen and oxygen atoms in total. The third kappa shape index (κ3) is 4.03. The van der Waals surface area contributed by atoms with E-state index in [-0.39, 0.29) is 18.2 Å². The number of nitrogens with one attached hydrogen (secondary N) is 1. The van der Waals surface area contributed by atoms with Crippen molar-refractivity contribution in [2.24, 2.45) is 0 Å². The number of likely N-dealkylation sites (N-methyl/N-ethyl adjacent to an activating group) is 1. The molecule has 0 heterocycles. The first-order chi connectivity index (χ1) is 9.95. The third-order valence-corrected chi connectivity index (χ3v) is 3.25. The van der Waals surface area contributed by atoms with Crippen molar-refractivity contribution in [1.29, 1.82) is 0 Å². The van der Waals surface area contributed by atoms with Gasteiger partial charge in [-0.05, 0) is 30.3 Å². The van der Waals surface area contributed by atoms with Crippen LogP contribution in [0.15, 0.2) is 42.5 Å². The monoisotopic (exact) mass is 305 g/mol. The molecule has 21 heavy (non-hydrogen) atoms. The lowest BCUT2D eigenvalue weighted by Gasteiger charge is -2.19. The van der Waals surface area contributed by atoms with E-state index < -0.39 is 0 Å². The van der Waals surface area contributed by atoms with Gasteiger partial charge in [0.15, 0.2) is 0 Å². The minimum absolute atomic E-state index is 0.120. The molecule has 110 valence electrons. The molecule has 0 atom stereocenters. The molecule has 0 radical (unpaired) electrons. The number of nitrogens with zero attached hydrogens (tertiary/aromatic N) is 1. The maximum Gasteiger partial charge on any atom is 0.243 e. The van der Waals surface area contributed by atoms with E-state index in [1.165, 1.54) is 0 Å². The number of amides is 1. The van der Waals surface area contributed by atoms with Gasteiger partial charge in [-0.2, -0.15) is 0 Å². The summed E-state index contributed by atoms with van der Waals surface area (Å²) in [6.45, 7) is 0.120. The smallest absolute Gasteiger partial charge is 0.243 e. The second-order valence-corrected chi connectivity index (χ2v) is 5.07. The second kappa shape index (κ2) is 6.37. The van der Waals surface area contributed by atoms with Crippen molar-refractivity contribution < 1.29 is 9.90 Å². The molecule has 0 aromatic heterocycles. The Bertz CT molecular complexity index is 661. The predicted molar refractivity (Wildman–Crippen MR) is 85.9 cm³/mol. The largest absolute Gasteiger partial charge is 0.508 e. The summed E-state index contributed by atoms with van der Waals surface area (Å²) in [5.74, 6) is -0.0769. The number of hydrogen-bond acceptors (Lipinski definition) is 4. The van der Waals surface area contributed by atoms with E-state index in [1.54, 1.807) is 54.4 Å². The van der Waals surface area contributed by atoms with Crippen LogP contribution in [-0.4, -0.2) is 24.6 Å². The fraction of sp³-hybridized carbons (Fsp3) is 0.133. The number of aromatic hydroxyl groups is 1. The highest BCUT2D eigenvalue weighted by Crippen LogP contribution is 2.24. The summed E-state index contributed by atoms with van der Waals surface area (Å²) >= 11 is 6.00. The van der Waals surface area contributed by atoms with Crippen molar-refractivity contribution in [3.63, 3.8) is 0 Å². The summed E-state index contributed by atoms with van der Waals surface area (Å²) in [5.41, 5.74) is 7.41. The lowest BCUT2D eigenvalue weighted by molar-refractivity contribution is -0.114. The summed E-state index contributed by atoms with van der Waals surface area (Å²) in [6, 6.07) is 11.6. The van der Waals surface area contributed by atoms with Crippen molar-refractivity contribution in [3.8, 4) is 5.75 Å². The molecule has 0 bridgehead atoms. The topological polar surface area (TPSA) is 78.6 Å². The Morgan fingerprint density at radius 1 is 1.33 bits per heavy atom. The molecular weight excluding hydrogens is 290 g/mol. The number of carbonyl (C=O) groups excluding carboxylic acids is 1. The van der Waals surface area contributed by atoms with Crippen LogP contribution in [0, 0.1) is 0 Å². The predicted octanol–water partition coefficient (Wildman–Crippen LogP) is 2.70. The Morgan fingerprint density at radius 2 is 2.10 bits per heavy atom. The van der Waals surface area contributed by atoms with E-state index in [4.69, 9.17) is 17.3 Å². The highest BCUT2D eigenvalue weighted by molar-refractivity contribution is 6.33. The van der Waals surface area contributed by atoms with Crippen molar-refractivity contribution in [3.05, 3.63) is 47.5 Å². The van der Waals surface area contributed by atoms with Crippen molar-refractivity contribution in [1.82, 2.24) is 0 Å². The van der Waals surface area contributed by atoms with Crippen molar-refractivity contribution in [2.45, 2.75) is 0 Å². The summed E-state index contributed by atoms with van der Waals surface area (Å²) in [4.78, 5) is 13.7. The average molecular weight is 306 g/mol. The molecule has 2 aromatic rings. The Kier molecular flexibility index (Phi) is 4.55. The molecule has 0 aliphatic heterocycles. The molecule has 0 spiro atoms. The molecule has 0 aliphatic carbocycles. The van der Waals surface area contributed by atoms with Gasteiger partial charge in [0.1, 0.15) is 5.75 Å². The van der Waals surface area contributed by atoms with Crippen LogP contribution in [0.2, 0.25) is 5.02 Å². The maximum absolute atomic E-state index is 12.0. The summed E-state index contributed by atoms with van der Waals surface area (Å²) < 4.78 is 0. The first-order valence-electron chi connectivity index (χ1n) is 6.31. The number of phenolic OH excluding ortho intramolecular Hbond substituents is 1. The zero-order valence-corrected chi connectivity index (χ0v) is 12.3. The maximum atomic E-state index is 12.0. The van der Waals surface area contributed by atoms with Gasteiger partial charge in [-0.25, -0.2) is 0 Å². The summed E-state index contributed by atoms with van der Waals surface area (Å²) in [6.07, 6.45) is 0. The number of rotatable bonds is 4. The van der Waals surface area contributed by atoms with Crippen LogP contribution in [-0.2, 0) is 4.79 Å². The van der Waals surface area contributed by atoms with Crippen LogP contribution in [0.4, 0.5) is 17.1 Å². The molecule has 0 aliphatic rings. The number of benzene rings is 2. The molecule has 4 N–H and O–H groups in total. The van der Waals surface area contributed by atoms with Gasteiger partial charge >= 0.3 is 0 Å². The number of nitrogen functional groups attached to an aromatic ring is 1. The molecule has 2 rings (SSSR count). The molecular formula is C15H16ClN3O2. The Morgan fingerprint density at radius 3 is 2.81 bits per heavy atom. The molecule has 1 amide bonds. The fourth-order valence-corrected chi connectivity index (χ4v) is 2.03. The highest BCUT2D eigenvalue weighted by atomic mass is 35.5. The number of hydrogen-bond donors (Lipinski definition) is 3. The average Bonchev–Trinajstić information content (AvgIpc) is 2.42. The van der Waals surface area contributed by atoms with E-state index in [0.717, 1.165) is 5.69 Å². The van der Waals surface area contributed by atoms with Crippen LogP contribution in [0.1, 0.15) is 0 Å². The quantitative estimate of drug-likeness (QED) is 0.759. The first-order valence-corrected chi connectivity index (χ1v) is 6.68. The number of phenols is 1. The lowest BCUT2D eigenvalue weighted by Crippen LogP contribution is -2.30. The Balaban J connectivity index is 2.03. The van der Waals surface area contributed by atoms with E-state index in [2.05, 4.69) is 5.32 Å². The van der Waals surface area contributed by atoms with Crippen LogP contribution in [0.25, 0.3) is 0 Å². The molecule has 0 unspecified atom stereocenters. The zero-order chi connectivity index (χ0) is 15.4. The van der Waals surface area contributed by atoms with Crippen molar-refractivity contribution >= 4 is 34.6 Å². The van der Waals surface area contributed by atoms with Gasteiger partial charge in [0.2, 0.25) is 5.91 Å². The van der Waals surface area contributed by atoms with Gasteiger partial charge in [0.05, 0.1) is 17.3 Å². The van der Waals surface area contributed by atoms with Crippen LogP contribution >= 0.6 is 11.6 Å². The zero-order valence-electron chi connectivity index (χ0n) is 11.5. The number of carbonyl (C=O) groups is 1. The van der Waals surface area contributed by atoms with Gasteiger partial charge in [-0.3, -0.25) is 4.79 Å². The number of nitrogens with two attached hydrogens (primary N) is 1. The van der Waals surface area contributed by atoms with Crippen molar-refractivity contribution in [2.75, 3.05) is 29.5 Å².